The van der Waals surface area contributed by atoms with Gasteiger partial charge in [-0.3, -0.25) is 0 Å². The van der Waals surface area contributed by atoms with Crippen LogP contribution in [0.1, 0.15) is 39.5 Å². The lowest BCUT2D eigenvalue weighted by Gasteiger charge is -2.40. The second kappa shape index (κ2) is 4.84. The number of rotatable bonds is 3. The van der Waals surface area contributed by atoms with Crippen LogP contribution in [0.3, 0.4) is 0 Å². The van der Waals surface area contributed by atoms with Gasteiger partial charge >= 0.3 is 0 Å². The van der Waals surface area contributed by atoms with E-state index < -0.39 is 0 Å². The Balaban J connectivity index is 1.94. The zero-order chi connectivity index (χ0) is 10.8. The summed E-state index contributed by atoms with van der Waals surface area (Å²) in [5, 5.41) is 3.67. The fraction of sp³-hybridized carbons (Fsp3) is 1.00. The van der Waals surface area contributed by atoms with Gasteiger partial charge in [-0.2, -0.15) is 0 Å². The van der Waals surface area contributed by atoms with Crippen molar-refractivity contribution in [1.82, 2.24) is 10.2 Å². The molecule has 0 radical (unpaired) electrons. The topological polar surface area (TPSA) is 15.3 Å². The minimum Gasteiger partial charge on any atom is -0.314 e. The number of fused-ring (bicyclic) bond motifs is 1. The molecule has 3 atom stereocenters. The van der Waals surface area contributed by atoms with Gasteiger partial charge in [0.1, 0.15) is 0 Å². The van der Waals surface area contributed by atoms with Crippen LogP contribution in [0.5, 0.6) is 0 Å². The Kier molecular flexibility index (Phi) is 3.68. The molecule has 0 unspecified atom stereocenters. The Bertz CT molecular complexity index is 203. The Morgan fingerprint density at radius 3 is 2.80 bits per heavy atom. The van der Waals surface area contributed by atoms with Crippen LogP contribution in [0.25, 0.3) is 0 Å². The van der Waals surface area contributed by atoms with Crippen LogP contribution in [-0.4, -0.2) is 37.1 Å². The molecule has 0 aromatic rings. The van der Waals surface area contributed by atoms with Crippen molar-refractivity contribution in [3.63, 3.8) is 0 Å². The highest BCUT2D eigenvalue weighted by Crippen LogP contribution is 2.33. The molecule has 0 spiro atoms. The maximum Gasteiger partial charge on any atom is 0.0136 e. The molecule has 1 aliphatic heterocycles. The summed E-state index contributed by atoms with van der Waals surface area (Å²) in [7, 11) is 2.32. The molecule has 2 nitrogen and oxygen atoms in total. The number of nitrogens with one attached hydrogen (secondary N) is 1. The van der Waals surface area contributed by atoms with Crippen molar-refractivity contribution < 1.29 is 0 Å². The van der Waals surface area contributed by atoms with E-state index in [9.17, 15) is 0 Å². The van der Waals surface area contributed by atoms with E-state index in [4.69, 9.17) is 0 Å². The second-order valence-electron chi connectivity index (χ2n) is 5.84. The molecule has 2 heteroatoms. The van der Waals surface area contributed by atoms with Gasteiger partial charge in [-0.05, 0) is 44.7 Å². The van der Waals surface area contributed by atoms with Gasteiger partial charge in [-0.1, -0.05) is 20.3 Å². The predicted octanol–water partition coefficient (Wildman–Crippen LogP) is 2.10. The lowest BCUT2D eigenvalue weighted by atomic mass is 9.80. The molecule has 15 heavy (non-hydrogen) atoms. The van der Waals surface area contributed by atoms with Gasteiger partial charge in [-0.15, -0.1) is 0 Å². The van der Waals surface area contributed by atoms with Crippen molar-refractivity contribution in [3.05, 3.63) is 0 Å². The Morgan fingerprint density at radius 1 is 1.27 bits per heavy atom. The van der Waals surface area contributed by atoms with Crippen LogP contribution in [0, 0.1) is 11.8 Å². The standard InChI is InChI=1S/C13H26N2/c1-10(2)9-15(3)13-6-4-5-12-11(13)7-8-14-12/h10-14H,4-9H2,1-3H3/t11-,12-,13-/m1/s1. The first-order valence-electron chi connectivity index (χ1n) is 6.62. The summed E-state index contributed by atoms with van der Waals surface area (Å²) in [5.74, 6) is 1.73. The van der Waals surface area contributed by atoms with E-state index in [0.717, 1.165) is 23.9 Å². The number of nitrogens with zero attached hydrogens (tertiary/aromatic N) is 1. The van der Waals surface area contributed by atoms with Crippen LogP contribution in [0.15, 0.2) is 0 Å². The first-order chi connectivity index (χ1) is 7.18. The zero-order valence-corrected chi connectivity index (χ0v) is 10.5. The van der Waals surface area contributed by atoms with Gasteiger partial charge in [0.2, 0.25) is 0 Å². The third-order valence-corrected chi connectivity index (χ3v) is 4.13. The van der Waals surface area contributed by atoms with Gasteiger partial charge in [0.15, 0.2) is 0 Å². The highest BCUT2D eigenvalue weighted by Gasteiger charge is 2.37. The summed E-state index contributed by atoms with van der Waals surface area (Å²) in [6.07, 6.45) is 5.65. The van der Waals surface area contributed by atoms with E-state index in [1.165, 1.54) is 38.8 Å². The molecule has 1 saturated carbocycles. The minimum absolute atomic E-state index is 0.796. The summed E-state index contributed by atoms with van der Waals surface area (Å²) in [5.41, 5.74) is 0. The second-order valence-corrected chi connectivity index (χ2v) is 5.84. The molecule has 1 N–H and O–H groups in total. The lowest BCUT2D eigenvalue weighted by molar-refractivity contribution is 0.112. The Labute approximate surface area is 94.4 Å². The zero-order valence-electron chi connectivity index (χ0n) is 10.5. The molecule has 1 heterocycles. The van der Waals surface area contributed by atoms with Gasteiger partial charge in [0.25, 0.3) is 0 Å². The largest absolute Gasteiger partial charge is 0.314 e. The number of hydrogen-bond donors (Lipinski definition) is 1. The number of hydrogen-bond acceptors (Lipinski definition) is 2. The molecule has 2 aliphatic rings. The first kappa shape index (κ1) is 11.4. The molecule has 0 aromatic carbocycles. The summed E-state index contributed by atoms with van der Waals surface area (Å²) < 4.78 is 0. The predicted molar refractivity (Wildman–Crippen MR) is 65.0 cm³/mol. The molecule has 88 valence electrons. The minimum atomic E-state index is 0.796. The van der Waals surface area contributed by atoms with Gasteiger partial charge < -0.3 is 10.2 Å². The van der Waals surface area contributed by atoms with Crippen molar-refractivity contribution in [1.29, 1.82) is 0 Å². The maximum atomic E-state index is 3.67. The molecule has 0 aromatic heterocycles. The molecular weight excluding hydrogens is 184 g/mol. The van der Waals surface area contributed by atoms with E-state index in [-0.39, 0.29) is 0 Å². The summed E-state index contributed by atoms with van der Waals surface area (Å²) >= 11 is 0. The monoisotopic (exact) mass is 210 g/mol. The lowest BCUT2D eigenvalue weighted by Crippen LogP contribution is -2.47. The first-order valence-corrected chi connectivity index (χ1v) is 6.62. The van der Waals surface area contributed by atoms with Crippen molar-refractivity contribution >= 4 is 0 Å². The summed E-state index contributed by atoms with van der Waals surface area (Å²) in [6.45, 7) is 7.16. The normalized spacial score (nSPS) is 36.2. The smallest absolute Gasteiger partial charge is 0.0136 e. The molecule has 0 amide bonds. The third-order valence-electron chi connectivity index (χ3n) is 4.13. The van der Waals surface area contributed by atoms with E-state index in [0.29, 0.717) is 0 Å². The van der Waals surface area contributed by atoms with Gasteiger partial charge in [0, 0.05) is 18.6 Å². The van der Waals surface area contributed by atoms with Crippen LogP contribution >= 0.6 is 0 Å². The van der Waals surface area contributed by atoms with E-state index in [1.807, 2.05) is 0 Å². The fourth-order valence-corrected chi connectivity index (χ4v) is 3.58. The van der Waals surface area contributed by atoms with Gasteiger partial charge in [-0.25, -0.2) is 0 Å². The van der Waals surface area contributed by atoms with Crippen LogP contribution in [0.4, 0.5) is 0 Å². The average molecular weight is 210 g/mol. The van der Waals surface area contributed by atoms with Crippen LogP contribution in [-0.2, 0) is 0 Å². The van der Waals surface area contributed by atoms with Crippen molar-refractivity contribution in [2.75, 3.05) is 20.1 Å². The summed E-state index contributed by atoms with van der Waals surface area (Å²) in [4.78, 5) is 2.62. The third kappa shape index (κ3) is 2.54. The average Bonchev–Trinajstić information content (AvgIpc) is 2.63. The van der Waals surface area contributed by atoms with E-state index in [2.05, 4.69) is 31.1 Å². The highest BCUT2D eigenvalue weighted by molar-refractivity contribution is 4.95. The maximum absolute atomic E-state index is 3.67. The molecular formula is C13H26N2. The van der Waals surface area contributed by atoms with Crippen molar-refractivity contribution in [3.8, 4) is 0 Å². The van der Waals surface area contributed by atoms with E-state index >= 15 is 0 Å². The molecule has 0 bridgehead atoms. The fourth-order valence-electron chi connectivity index (χ4n) is 3.58. The Hall–Kier alpha value is -0.0800. The Morgan fingerprint density at radius 2 is 2.07 bits per heavy atom. The molecule has 1 saturated heterocycles. The SMILES string of the molecule is CC(C)CN(C)[C@@H]1CCC[C@H]2NCC[C@@H]12. The molecule has 2 rings (SSSR count). The van der Waals surface area contributed by atoms with Crippen molar-refractivity contribution in [2.45, 2.75) is 51.6 Å². The quantitative estimate of drug-likeness (QED) is 0.767. The van der Waals surface area contributed by atoms with Gasteiger partial charge in [0.05, 0.1) is 0 Å². The highest BCUT2D eigenvalue weighted by atomic mass is 15.1. The summed E-state index contributed by atoms with van der Waals surface area (Å²) in [6, 6.07) is 1.68. The van der Waals surface area contributed by atoms with Crippen molar-refractivity contribution in [2.24, 2.45) is 11.8 Å². The molecule has 1 aliphatic carbocycles. The van der Waals surface area contributed by atoms with E-state index in [1.54, 1.807) is 0 Å². The van der Waals surface area contributed by atoms with Crippen LogP contribution < -0.4 is 5.32 Å². The van der Waals surface area contributed by atoms with Crippen LogP contribution in [0.2, 0.25) is 0 Å². The molecule has 2 fully saturated rings.